The molecule has 1 saturated heterocycles. The van der Waals surface area contributed by atoms with E-state index in [-0.39, 0.29) is 0 Å². The normalized spacial score (nSPS) is 20.9. The average Bonchev–Trinajstić information content (AvgIpc) is 2.45. The lowest BCUT2D eigenvalue weighted by Crippen LogP contribution is -2.45. The van der Waals surface area contributed by atoms with Gasteiger partial charge in [-0.05, 0) is 24.4 Å². The number of rotatable bonds is 6. The Morgan fingerprint density at radius 1 is 1.21 bits per heavy atom. The molecular weight excluding hydrogens is 232 g/mol. The minimum absolute atomic E-state index is 0.514. The summed E-state index contributed by atoms with van der Waals surface area (Å²) in [4.78, 5) is 2.62. The Bertz CT molecular complexity index is 348. The van der Waals surface area contributed by atoms with Crippen molar-refractivity contribution >= 4 is 0 Å². The molecule has 0 bridgehead atoms. The summed E-state index contributed by atoms with van der Waals surface area (Å²) < 4.78 is 0. The van der Waals surface area contributed by atoms with Crippen molar-refractivity contribution in [2.75, 3.05) is 26.2 Å². The monoisotopic (exact) mass is 260 g/mol. The predicted molar refractivity (Wildman–Crippen MR) is 82.3 cm³/mol. The van der Waals surface area contributed by atoms with E-state index in [0.29, 0.717) is 6.04 Å². The summed E-state index contributed by atoms with van der Waals surface area (Å²) in [5, 5.41) is 3.63. The molecule has 0 aromatic heterocycles. The highest BCUT2D eigenvalue weighted by Gasteiger charge is 2.19. The molecule has 106 valence electrons. The highest BCUT2D eigenvalue weighted by Crippen LogP contribution is 2.17. The Hall–Kier alpha value is -0.860. The molecular formula is C17H28N2. The Labute approximate surface area is 118 Å². The van der Waals surface area contributed by atoms with Crippen molar-refractivity contribution in [2.45, 2.75) is 39.2 Å². The van der Waals surface area contributed by atoms with Gasteiger partial charge in [0.1, 0.15) is 0 Å². The maximum atomic E-state index is 3.63. The van der Waals surface area contributed by atoms with Gasteiger partial charge in [-0.2, -0.15) is 0 Å². The van der Waals surface area contributed by atoms with Gasteiger partial charge in [0.25, 0.3) is 0 Å². The largest absolute Gasteiger partial charge is 0.308 e. The molecule has 0 spiro atoms. The number of benzene rings is 1. The van der Waals surface area contributed by atoms with E-state index in [1.54, 1.807) is 0 Å². The molecule has 2 rings (SSSR count). The fourth-order valence-electron chi connectivity index (χ4n) is 2.81. The molecule has 1 N–H and O–H groups in total. The Kier molecular flexibility index (Phi) is 5.87. The zero-order chi connectivity index (χ0) is 13.5. The summed E-state index contributed by atoms with van der Waals surface area (Å²) >= 11 is 0. The van der Waals surface area contributed by atoms with Crippen LogP contribution in [-0.2, 0) is 0 Å². The van der Waals surface area contributed by atoms with Gasteiger partial charge in [0.15, 0.2) is 0 Å². The summed E-state index contributed by atoms with van der Waals surface area (Å²) in [5.41, 5.74) is 1.43. The highest BCUT2D eigenvalue weighted by molar-refractivity contribution is 5.19. The molecule has 2 heteroatoms. The molecule has 1 heterocycles. The molecule has 1 fully saturated rings. The van der Waals surface area contributed by atoms with Crippen LogP contribution in [0.5, 0.6) is 0 Å². The molecule has 0 amide bonds. The van der Waals surface area contributed by atoms with Crippen molar-refractivity contribution in [2.24, 2.45) is 5.92 Å². The lowest BCUT2D eigenvalue weighted by Gasteiger charge is -2.34. The maximum Gasteiger partial charge on any atom is 0.0449 e. The molecule has 1 aromatic rings. The SMILES string of the molecule is CC(C)CCCCN1CCNC(c2ccccc2)C1. The molecule has 0 radical (unpaired) electrons. The minimum atomic E-state index is 0.514. The van der Waals surface area contributed by atoms with E-state index < -0.39 is 0 Å². The Balaban J connectivity index is 1.75. The molecule has 0 aliphatic carbocycles. The highest BCUT2D eigenvalue weighted by atomic mass is 15.2. The Morgan fingerprint density at radius 3 is 2.74 bits per heavy atom. The van der Waals surface area contributed by atoms with Crippen molar-refractivity contribution in [1.82, 2.24) is 10.2 Å². The fourth-order valence-corrected chi connectivity index (χ4v) is 2.81. The van der Waals surface area contributed by atoms with Crippen LogP contribution in [0.25, 0.3) is 0 Å². The molecule has 2 nitrogen and oxygen atoms in total. The van der Waals surface area contributed by atoms with Gasteiger partial charge in [-0.25, -0.2) is 0 Å². The van der Waals surface area contributed by atoms with Gasteiger partial charge in [0, 0.05) is 25.7 Å². The van der Waals surface area contributed by atoms with Gasteiger partial charge in [-0.1, -0.05) is 57.0 Å². The van der Waals surface area contributed by atoms with Crippen molar-refractivity contribution in [1.29, 1.82) is 0 Å². The number of hydrogen-bond acceptors (Lipinski definition) is 2. The van der Waals surface area contributed by atoms with E-state index in [4.69, 9.17) is 0 Å². The van der Waals surface area contributed by atoms with Crippen LogP contribution in [0.2, 0.25) is 0 Å². The van der Waals surface area contributed by atoms with E-state index in [1.807, 2.05) is 0 Å². The third-order valence-electron chi connectivity index (χ3n) is 3.97. The maximum absolute atomic E-state index is 3.63. The van der Waals surface area contributed by atoms with Crippen LogP contribution in [0.15, 0.2) is 30.3 Å². The fraction of sp³-hybridized carbons (Fsp3) is 0.647. The number of piperazine rings is 1. The summed E-state index contributed by atoms with van der Waals surface area (Å²) in [5.74, 6) is 0.847. The van der Waals surface area contributed by atoms with Gasteiger partial charge in [-0.3, -0.25) is 0 Å². The molecule has 1 atom stereocenters. The molecule has 0 saturated carbocycles. The smallest absolute Gasteiger partial charge is 0.0449 e. The number of hydrogen-bond donors (Lipinski definition) is 1. The predicted octanol–water partition coefficient (Wildman–Crippen LogP) is 3.46. The number of nitrogens with zero attached hydrogens (tertiary/aromatic N) is 1. The van der Waals surface area contributed by atoms with E-state index in [2.05, 4.69) is 54.4 Å². The van der Waals surface area contributed by atoms with Gasteiger partial charge in [0.05, 0.1) is 0 Å². The van der Waals surface area contributed by atoms with Gasteiger partial charge >= 0.3 is 0 Å². The first kappa shape index (κ1) is 14.5. The van der Waals surface area contributed by atoms with Crippen LogP contribution < -0.4 is 5.32 Å². The Morgan fingerprint density at radius 2 is 2.00 bits per heavy atom. The van der Waals surface area contributed by atoms with Crippen LogP contribution >= 0.6 is 0 Å². The summed E-state index contributed by atoms with van der Waals surface area (Å²) in [6.45, 7) is 9.37. The zero-order valence-corrected chi connectivity index (χ0v) is 12.4. The zero-order valence-electron chi connectivity index (χ0n) is 12.4. The molecule has 1 aliphatic rings. The second-order valence-corrected chi connectivity index (χ2v) is 6.11. The third-order valence-corrected chi connectivity index (χ3v) is 3.97. The molecule has 19 heavy (non-hydrogen) atoms. The van der Waals surface area contributed by atoms with Gasteiger partial charge in [0.2, 0.25) is 0 Å². The van der Waals surface area contributed by atoms with Crippen LogP contribution in [0, 0.1) is 5.92 Å². The quantitative estimate of drug-likeness (QED) is 0.788. The first-order valence-electron chi connectivity index (χ1n) is 7.76. The molecule has 1 unspecified atom stereocenters. The summed E-state index contributed by atoms with van der Waals surface area (Å²) in [6.07, 6.45) is 4.09. The molecule has 1 aromatic carbocycles. The van der Waals surface area contributed by atoms with Crippen LogP contribution in [0.1, 0.15) is 44.7 Å². The lowest BCUT2D eigenvalue weighted by atomic mass is 10.0. The number of nitrogens with one attached hydrogen (secondary N) is 1. The van der Waals surface area contributed by atoms with Crippen molar-refractivity contribution in [3.05, 3.63) is 35.9 Å². The van der Waals surface area contributed by atoms with Gasteiger partial charge < -0.3 is 10.2 Å². The average molecular weight is 260 g/mol. The van der Waals surface area contributed by atoms with Crippen molar-refractivity contribution in [3.8, 4) is 0 Å². The first-order valence-corrected chi connectivity index (χ1v) is 7.76. The van der Waals surface area contributed by atoms with E-state index in [0.717, 1.165) is 19.0 Å². The summed E-state index contributed by atoms with van der Waals surface area (Å²) in [6, 6.07) is 11.4. The van der Waals surface area contributed by atoms with E-state index in [9.17, 15) is 0 Å². The van der Waals surface area contributed by atoms with Crippen LogP contribution in [0.4, 0.5) is 0 Å². The third kappa shape index (κ3) is 4.96. The standard InChI is InChI=1S/C17H28N2/c1-15(2)8-6-7-12-19-13-11-18-17(14-19)16-9-4-3-5-10-16/h3-5,9-10,15,17-18H,6-8,11-14H2,1-2H3. The van der Waals surface area contributed by atoms with Crippen LogP contribution in [-0.4, -0.2) is 31.1 Å². The second kappa shape index (κ2) is 7.66. The second-order valence-electron chi connectivity index (χ2n) is 6.11. The van der Waals surface area contributed by atoms with Crippen LogP contribution in [0.3, 0.4) is 0 Å². The minimum Gasteiger partial charge on any atom is -0.308 e. The van der Waals surface area contributed by atoms with Crippen molar-refractivity contribution in [3.63, 3.8) is 0 Å². The van der Waals surface area contributed by atoms with E-state index >= 15 is 0 Å². The van der Waals surface area contributed by atoms with E-state index in [1.165, 1.54) is 37.9 Å². The molecule has 1 aliphatic heterocycles. The first-order chi connectivity index (χ1) is 9.25. The van der Waals surface area contributed by atoms with Gasteiger partial charge in [-0.15, -0.1) is 0 Å². The topological polar surface area (TPSA) is 15.3 Å². The lowest BCUT2D eigenvalue weighted by molar-refractivity contribution is 0.196. The summed E-state index contributed by atoms with van der Waals surface area (Å²) in [7, 11) is 0. The number of unbranched alkanes of at least 4 members (excludes halogenated alkanes) is 1. The van der Waals surface area contributed by atoms with Crippen molar-refractivity contribution < 1.29 is 0 Å².